The van der Waals surface area contributed by atoms with Gasteiger partial charge in [0.05, 0.1) is 23.6 Å². The standard InChI is InChI=1S/C30H37N7O3/c31-30-27(15-26(34-35-30)25-5-1-2-6-28(25)38)36-17-20-7-8-21(18-36)37(20)19-9-11-33-29(12-19)40-24-13-23(14-24)39-22-4-3-10-32-16-22/h1-2,5-6,9,11-12,15,20-24,32,38H,3-4,7-8,10,13-14,16-18H2,(H2,31,35)/t20?,21?,22?,23-,24-. The van der Waals surface area contributed by atoms with Gasteiger partial charge in [0, 0.05) is 68.1 Å². The summed E-state index contributed by atoms with van der Waals surface area (Å²) in [6.07, 6.45) is 9.08. The number of hydrogen-bond donors (Lipinski definition) is 3. The van der Waals surface area contributed by atoms with E-state index in [2.05, 4.69) is 42.4 Å². The van der Waals surface area contributed by atoms with E-state index in [9.17, 15) is 5.11 Å². The van der Waals surface area contributed by atoms with Crippen LogP contribution >= 0.6 is 0 Å². The van der Waals surface area contributed by atoms with Gasteiger partial charge >= 0.3 is 0 Å². The number of anilines is 3. The van der Waals surface area contributed by atoms with E-state index in [1.807, 2.05) is 24.4 Å². The maximum absolute atomic E-state index is 10.3. The van der Waals surface area contributed by atoms with Crippen LogP contribution in [0.5, 0.6) is 11.6 Å². The highest BCUT2D eigenvalue weighted by molar-refractivity contribution is 5.74. The Morgan fingerprint density at radius 1 is 0.950 bits per heavy atom. The van der Waals surface area contributed by atoms with E-state index < -0.39 is 0 Å². The van der Waals surface area contributed by atoms with Crippen LogP contribution in [0.1, 0.15) is 38.5 Å². The third-order valence-corrected chi connectivity index (χ3v) is 8.80. The van der Waals surface area contributed by atoms with Crippen LogP contribution in [0.2, 0.25) is 0 Å². The van der Waals surface area contributed by atoms with Gasteiger partial charge in [0.15, 0.2) is 5.82 Å². The van der Waals surface area contributed by atoms with Crippen LogP contribution in [-0.4, -0.2) is 76.9 Å². The summed E-state index contributed by atoms with van der Waals surface area (Å²) in [7, 11) is 0. The van der Waals surface area contributed by atoms with Gasteiger partial charge in [-0.05, 0) is 56.5 Å². The average Bonchev–Trinajstić information content (AvgIpc) is 3.22. The van der Waals surface area contributed by atoms with Gasteiger partial charge in [-0.15, -0.1) is 10.2 Å². The summed E-state index contributed by atoms with van der Waals surface area (Å²) in [5.74, 6) is 1.28. The maximum Gasteiger partial charge on any atom is 0.215 e. The Morgan fingerprint density at radius 2 is 1.77 bits per heavy atom. The topological polar surface area (TPSA) is 122 Å². The van der Waals surface area contributed by atoms with E-state index >= 15 is 0 Å². The lowest BCUT2D eigenvalue weighted by molar-refractivity contribution is -0.101. The Balaban J connectivity index is 1.01. The van der Waals surface area contributed by atoms with Crippen molar-refractivity contribution in [1.82, 2.24) is 20.5 Å². The van der Waals surface area contributed by atoms with Crippen LogP contribution in [0.25, 0.3) is 11.3 Å². The number of nitrogens with one attached hydrogen (secondary N) is 1. The summed E-state index contributed by atoms with van der Waals surface area (Å²) in [5, 5.41) is 22.2. The van der Waals surface area contributed by atoms with E-state index in [0.29, 0.717) is 47.2 Å². The number of ether oxygens (including phenoxy) is 2. The zero-order chi connectivity index (χ0) is 27.1. The molecule has 1 aromatic carbocycles. The van der Waals surface area contributed by atoms with Crippen LogP contribution in [0.15, 0.2) is 48.7 Å². The fourth-order valence-corrected chi connectivity index (χ4v) is 6.72. The molecule has 5 heterocycles. The first-order valence-corrected chi connectivity index (χ1v) is 14.5. The normalized spacial score (nSPS) is 27.9. The van der Waals surface area contributed by atoms with Crippen molar-refractivity contribution >= 4 is 17.2 Å². The predicted octanol–water partition coefficient (Wildman–Crippen LogP) is 3.36. The van der Waals surface area contributed by atoms with Crippen molar-refractivity contribution in [2.75, 3.05) is 41.7 Å². The lowest BCUT2D eigenvalue weighted by Crippen LogP contribution is -2.54. The van der Waals surface area contributed by atoms with Gasteiger partial charge in [0.1, 0.15) is 11.9 Å². The molecule has 4 N–H and O–H groups in total. The number of hydrogen-bond acceptors (Lipinski definition) is 10. The van der Waals surface area contributed by atoms with Crippen molar-refractivity contribution in [3.05, 3.63) is 48.7 Å². The van der Waals surface area contributed by atoms with Gasteiger partial charge in [0.2, 0.25) is 5.88 Å². The molecular formula is C30H37N7O3. The van der Waals surface area contributed by atoms with Gasteiger partial charge in [0.25, 0.3) is 0 Å². The number of aromatic hydroxyl groups is 1. The molecule has 210 valence electrons. The van der Waals surface area contributed by atoms with Crippen LogP contribution < -0.4 is 25.6 Å². The minimum Gasteiger partial charge on any atom is -0.507 e. The Morgan fingerprint density at radius 3 is 2.55 bits per heavy atom. The van der Waals surface area contributed by atoms with Crippen molar-refractivity contribution in [1.29, 1.82) is 0 Å². The zero-order valence-electron chi connectivity index (χ0n) is 22.7. The second-order valence-electron chi connectivity index (χ2n) is 11.5. The summed E-state index contributed by atoms with van der Waals surface area (Å²) in [5.41, 5.74) is 9.61. The predicted molar refractivity (Wildman–Crippen MR) is 154 cm³/mol. The fraction of sp³-hybridized carbons (Fsp3) is 0.500. The molecule has 3 atom stereocenters. The number of nitrogens with two attached hydrogens (primary N) is 1. The van der Waals surface area contributed by atoms with Gasteiger partial charge < -0.3 is 35.4 Å². The average molecular weight is 544 g/mol. The lowest BCUT2D eigenvalue weighted by atomic mass is 9.91. The molecule has 40 heavy (non-hydrogen) atoms. The Kier molecular flexibility index (Phi) is 6.81. The van der Waals surface area contributed by atoms with Crippen LogP contribution in [0.4, 0.5) is 17.2 Å². The first kappa shape index (κ1) is 25.3. The van der Waals surface area contributed by atoms with Crippen molar-refractivity contribution in [2.45, 2.75) is 68.9 Å². The summed E-state index contributed by atoms with van der Waals surface area (Å²) >= 11 is 0. The first-order chi connectivity index (χ1) is 19.6. The van der Waals surface area contributed by atoms with Crippen LogP contribution in [-0.2, 0) is 4.74 Å². The molecule has 10 nitrogen and oxygen atoms in total. The molecule has 7 rings (SSSR count). The number of piperidine rings is 1. The third-order valence-electron chi connectivity index (χ3n) is 8.80. The molecule has 2 bridgehead atoms. The molecule has 0 amide bonds. The van der Waals surface area contributed by atoms with Crippen molar-refractivity contribution in [3.63, 3.8) is 0 Å². The van der Waals surface area contributed by atoms with E-state index in [1.165, 1.54) is 6.42 Å². The fourth-order valence-electron chi connectivity index (χ4n) is 6.72. The molecule has 0 radical (unpaired) electrons. The van der Waals surface area contributed by atoms with Crippen LogP contribution in [0, 0.1) is 0 Å². The van der Waals surface area contributed by atoms with Crippen molar-refractivity contribution in [2.24, 2.45) is 0 Å². The number of benzene rings is 1. The minimum absolute atomic E-state index is 0.165. The van der Waals surface area contributed by atoms with Gasteiger partial charge in [-0.3, -0.25) is 0 Å². The SMILES string of the molecule is Nc1nnc(-c2ccccc2O)cc1N1CC2CCC(C1)N2c1ccnc(O[C@H]2C[C@H](OC3CCCNC3)C2)c1. The Hall–Kier alpha value is -3.63. The van der Waals surface area contributed by atoms with Crippen molar-refractivity contribution in [3.8, 4) is 22.9 Å². The molecule has 0 spiro atoms. The number of piperazine rings is 1. The zero-order valence-corrected chi connectivity index (χ0v) is 22.7. The largest absolute Gasteiger partial charge is 0.507 e. The molecule has 4 aliphatic rings. The number of pyridine rings is 1. The number of rotatable bonds is 7. The second kappa shape index (κ2) is 10.7. The second-order valence-corrected chi connectivity index (χ2v) is 11.5. The third kappa shape index (κ3) is 5.01. The van der Waals surface area contributed by atoms with Gasteiger partial charge in [-0.25, -0.2) is 4.98 Å². The number of nitrogens with zero attached hydrogens (tertiary/aromatic N) is 5. The minimum atomic E-state index is 0.165. The highest BCUT2D eigenvalue weighted by Gasteiger charge is 2.41. The molecule has 10 heteroatoms. The highest BCUT2D eigenvalue weighted by atomic mass is 16.5. The molecule has 4 fully saturated rings. The molecule has 2 aromatic heterocycles. The van der Waals surface area contributed by atoms with Gasteiger partial charge in [-0.1, -0.05) is 12.1 Å². The molecule has 3 aromatic rings. The number of fused-ring (bicyclic) bond motifs is 2. The number of para-hydroxylation sites is 1. The van der Waals surface area contributed by atoms with Crippen molar-refractivity contribution < 1.29 is 14.6 Å². The number of nitrogen functional groups attached to an aromatic ring is 1. The quantitative estimate of drug-likeness (QED) is 0.409. The molecule has 3 unspecified atom stereocenters. The van der Waals surface area contributed by atoms with E-state index in [4.69, 9.17) is 15.2 Å². The molecule has 3 aliphatic heterocycles. The summed E-state index contributed by atoms with van der Waals surface area (Å²) < 4.78 is 12.5. The Bertz CT molecular complexity index is 1330. The maximum atomic E-state index is 10.3. The number of aromatic nitrogens is 3. The summed E-state index contributed by atoms with van der Waals surface area (Å²) in [6, 6.07) is 14.0. The number of phenolic OH excluding ortho intramolecular Hbond substituents is 1. The van der Waals surface area contributed by atoms with E-state index in [-0.39, 0.29) is 11.9 Å². The number of phenols is 1. The summed E-state index contributed by atoms with van der Waals surface area (Å²) in [6.45, 7) is 3.74. The first-order valence-electron chi connectivity index (χ1n) is 14.5. The molecule has 1 saturated carbocycles. The summed E-state index contributed by atoms with van der Waals surface area (Å²) in [4.78, 5) is 9.38. The Labute approximate surface area is 234 Å². The smallest absolute Gasteiger partial charge is 0.215 e. The lowest BCUT2D eigenvalue weighted by Gasteiger charge is -2.43. The van der Waals surface area contributed by atoms with Crippen LogP contribution in [0.3, 0.4) is 0 Å². The molecule has 3 saturated heterocycles. The monoisotopic (exact) mass is 543 g/mol. The van der Waals surface area contributed by atoms with E-state index in [0.717, 1.165) is 69.7 Å². The highest BCUT2D eigenvalue weighted by Crippen LogP contribution is 2.40. The van der Waals surface area contributed by atoms with E-state index in [1.54, 1.807) is 12.1 Å². The molecule has 1 aliphatic carbocycles. The van der Waals surface area contributed by atoms with Gasteiger partial charge in [-0.2, -0.15) is 0 Å². The molecular weight excluding hydrogens is 506 g/mol.